The van der Waals surface area contributed by atoms with Crippen LogP contribution in [0.1, 0.15) is 11.1 Å². The Hall–Kier alpha value is -3.34. The first-order valence-corrected chi connectivity index (χ1v) is 8.33. The summed E-state index contributed by atoms with van der Waals surface area (Å²) in [6.45, 7) is 0.362. The molecule has 0 saturated carbocycles. The van der Waals surface area contributed by atoms with E-state index in [9.17, 15) is 14.3 Å². The predicted octanol–water partition coefficient (Wildman–Crippen LogP) is 4.02. The Morgan fingerprint density at radius 2 is 1.85 bits per heavy atom. The van der Waals surface area contributed by atoms with E-state index >= 15 is 0 Å². The number of nitrogens with one attached hydrogen (secondary N) is 2. The molecule has 0 aliphatic heterocycles. The highest BCUT2D eigenvalue weighted by Crippen LogP contribution is 2.26. The molecule has 1 heterocycles. The van der Waals surface area contributed by atoms with E-state index < -0.39 is 0 Å². The molecule has 0 unspecified atom stereocenters. The first-order valence-electron chi connectivity index (χ1n) is 8.33. The van der Waals surface area contributed by atoms with E-state index in [4.69, 9.17) is 0 Å². The van der Waals surface area contributed by atoms with Gasteiger partial charge in [0.1, 0.15) is 11.6 Å². The minimum atomic E-state index is -0.270. The molecule has 3 N–H and O–H groups in total. The van der Waals surface area contributed by atoms with Gasteiger partial charge in [0, 0.05) is 28.4 Å². The lowest BCUT2D eigenvalue weighted by atomic mass is 10.1. The van der Waals surface area contributed by atoms with Crippen molar-refractivity contribution in [3.63, 3.8) is 0 Å². The lowest BCUT2D eigenvalue weighted by Gasteiger charge is -2.06. The van der Waals surface area contributed by atoms with Crippen LogP contribution in [0.25, 0.3) is 21.8 Å². The summed E-state index contributed by atoms with van der Waals surface area (Å²) in [7, 11) is 0. The largest absolute Gasteiger partial charge is 0.508 e. The molecular weight excluding hydrogens is 331 g/mol. The van der Waals surface area contributed by atoms with Crippen LogP contribution in [0.2, 0.25) is 0 Å². The molecule has 5 heteroatoms. The van der Waals surface area contributed by atoms with Crippen LogP contribution < -0.4 is 5.32 Å². The van der Waals surface area contributed by atoms with Crippen LogP contribution in [0.5, 0.6) is 5.75 Å². The van der Waals surface area contributed by atoms with Crippen molar-refractivity contribution >= 4 is 27.7 Å². The number of carbonyl (C=O) groups excluding carboxylic acids is 1. The molecule has 130 valence electrons. The molecule has 0 radical (unpaired) electrons. The van der Waals surface area contributed by atoms with Gasteiger partial charge < -0.3 is 15.4 Å². The summed E-state index contributed by atoms with van der Waals surface area (Å²) in [5.74, 6) is -0.193. The van der Waals surface area contributed by atoms with Gasteiger partial charge in [-0.1, -0.05) is 24.3 Å². The van der Waals surface area contributed by atoms with Crippen LogP contribution in [0, 0.1) is 5.82 Å². The van der Waals surface area contributed by atoms with E-state index in [-0.39, 0.29) is 23.9 Å². The number of amides is 1. The van der Waals surface area contributed by atoms with E-state index in [0.717, 1.165) is 32.9 Å². The SMILES string of the molecule is O=C(Cc1ccc2c(c1)[nH]c1ccc(F)cc12)NCc1cccc(O)c1. The zero-order valence-corrected chi connectivity index (χ0v) is 13.9. The first-order chi connectivity index (χ1) is 12.6. The molecule has 0 spiro atoms. The molecule has 1 amide bonds. The highest BCUT2D eigenvalue weighted by molar-refractivity contribution is 6.07. The van der Waals surface area contributed by atoms with Gasteiger partial charge >= 0.3 is 0 Å². The topological polar surface area (TPSA) is 65.1 Å². The number of benzene rings is 3. The molecule has 1 aromatic heterocycles. The maximum Gasteiger partial charge on any atom is 0.224 e. The second-order valence-corrected chi connectivity index (χ2v) is 6.32. The number of aromatic hydroxyl groups is 1. The Labute approximate surface area is 149 Å². The van der Waals surface area contributed by atoms with Crippen molar-refractivity contribution in [2.75, 3.05) is 0 Å². The monoisotopic (exact) mass is 348 g/mol. The molecule has 4 rings (SSSR count). The minimum Gasteiger partial charge on any atom is -0.508 e. The number of carbonyl (C=O) groups is 1. The average Bonchev–Trinajstić information content (AvgIpc) is 2.97. The van der Waals surface area contributed by atoms with Gasteiger partial charge in [-0.3, -0.25) is 4.79 Å². The number of halogens is 1. The molecule has 4 nitrogen and oxygen atoms in total. The van der Waals surface area contributed by atoms with Gasteiger partial charge in [0.15, 0.2) is 0 Å². The lowest BCUT2D eigenvalue weighted by Crippen LogP contribution is -2.24. The number of fused-ring (bicyclic) bond motifs is 3. The van der Waals surface area contributed by atoms with Crippen molar-refractivity contribution < 1.29 is 14.3 Å². The third-order valence-corrected chi connectivity index (χ3v) is 4.39. The summed E-state index contributed by atoms with van der Waals surface area (Å²) >= 11 is 0. The average molecular weight is 348 g/mol. The fourth-order valence-corrected chi connectivity index (χ4v) is 3.15. The van der Waals surface area contributed by atoms with E-state index in [1.54, 1.807) is 24.3 Å². The van der Waals surface area contributed by atoms with Crippen LogP contribution in [0.4, 0.5) is 4.39 Å². The second kappa shape index (κ2) is 6.52. The molecule has 3 aromatic carbocycles. The Morgan fingerprint density at radius 1 is 0.962 bits per heavy atom. The summed E-state index contributed by atoms with van der Waals surface area (Å²) in [6, 6.07) is 17.2. The predicted molar refractivity (Wildman–Crippen MR) is 99.4 cm³/mol. The minimum absolute atomic E-state index is 0.102. The Morgan fingerprint density at radius 3 is 2.69 bits per heavy atom. The zero-order valence-electron chi connectivity index (χ0n) is 13.9. The third-order valence-electron chi connectivity index (χ3n) is 4.39. The number of phenols is 1. The maximum atomic E-state index is 13.5. The number of aromatic nitrogens is 1. The summed E-state index contributed by atoms with van der Waals surface area (Å²) in [5.41, 5.74) is 3.46. The van der Waals surface area contributed by atoms with Crippen molar-refractivity contribution in [3.8, 4) is 5.75 Å². The molecule has 0 aliphatic carbocycles. The number of hydrogen-bond donors (Lipinski definition) is 3. The summed E-state index contributed by atoms with van der Waals surface area (Å²) < 4.78 is 13.5. The van der Waals surface area contributed by atoms with Crippen LogP contribution >= 0.6 is 0 Å². The third kappa shape index (κ3) is 3.24. The number of phenolic OH excluding ortho intramolecular Hbond substituents is 1. The fraction of sp³-hybridized carbons (Fsp3) is 0.0952. The lowest BCUT2D eigenvalue weighted by molar-refractivity contribution is -0.120. The van der Waals surface area contributed by atoms with Gasteiger partial charge in [0.05, 0.1) is 6.42 Å². The highest BCUT2D eigenvalue weighted by Gasteiger charge is 2.09. The van der Waals surface area contributed by atoms with E-state index in [0.29, 0.717) is 6.54 Å². The summed E-state index contributed by atoms with van der Waals surface area (Å²) in [6.07, 6.45) is 0.248. The van der Waals surface area contributed by atoms with Crippen LogP contribution in [-0.2, 0) is 17.8 Å². The number of rotatable bonds is 4. The number of aromatic amines is 1. The first kappa shape index (κ1) is 16.1. The van der Waals surface area contributed by atoms with Gasteiger partial charge in [0.25, 0.3) is 0 Å². The molecule has 4 aromatic rings. The van der Waals surface area contributed by atoms with E-state index in [1.165, 1.54) is 12.1 Å². The van der Waals surface area contributed by atoms with Crippen LogP contribution in [0.3, 0.4) is 0 Å². The molecular formula is C21H17FN2O2. The fourth-order valence-electron chi connectivity index (χ4n) is 3.15. The van der Waals surface area contributed by atoms with Gasteiger partial charge in [-0.15, -0.1) is 0 Å². The van der Waals surface area contributed by atoms with Gasteiger partial charge in [-0.05, 0) is 47.5 Å². The summed E-state index contributed by atoms with van der Waals surface area (Å²) in [4.78, 5) is 15.4. The van der Waals surface area contributed by atoms with Crippen molar-refractivity contribution in [1.29, 1.82) is 0 Å². The molecule has 0 bridgehead atoms. The van der Waals surface area contributed by atoms with E-state index in [1.807, 2.05) is 24.3 Å². The second-order valence-electron chi connectivity index (χ2n) is 6.32. The molecule has 0 atom stereocenters. The zero-order chi connectivity index (χ0) is 18.1. The van der Waals surface area contributed by atoms with Crippen molar-refractivity contribution in [1.82, 2.24) is 10.3 Å². The highest BCUT2D eigenvalue weighted by atomic mass is 19.1. The molecule has 26 heavy (non-hydrogen) atoms. The Kier molecular flexibility index (Phi) is 4.05. The summed E-state index contributed by atoms with van der Waals surface area (Å²) in [5, 5.41) is 14.1. The van der Waals surface area contributed by atoms with Crippen molar-refractivity contribution in [3.05, 3.63) is 77.6 Å². The van der Waals surface area contributed by atoms with Crippen LogP contribution in [-0.4, -0.2) is 16.0 Å². The smallest absolute Gasteiger partial charge is 0.224 e. The Balaban J connectivity index is 1.50. The number of H-pyrrole nitrogens is 1. The van der Waals surface area contributed by atoms with Crippen molar-refractivity contribution in [2.24, 2.45) is 0 Å². The van der Waals surface area contributed by atoms with Gasteiger partial charge in [0.2, 0.25) is 5.91 Å². The quantitative estimate of drug-likeness (QED) is 0.521. The van der Waals surface area contributed by atoms with Gasteiger partial charge in [-0.25, -0.2) is 4.39 Å². The standard InChI is InChI=1S/C21H17FN2O2/c22-15-5-7-19-18(11-15)17-6-4-13(9-20(17)24-19)10-21(26)23-12-14-2-1-3-16(25)8-14/h1-9,11,24-25H,10,12H2,(H,23,26). The molecule has 0 fully saturated rings. The van der Waals surface area contributed by atoms with Crippen LogP contribution in [0.15, 0.2) is 60.7 Å². The molecule has 0 saturated heterocycles. The van der Waals surface area contributed by atoms with Crippen molar-refractivity contribution in [2.45, 2.75) is 13.0 Å². The van der Waals surface area contributed by atoms with Gasteiger partial charge in [-0.2, -0.15) is 0 Å². The maximum absolute atomic E-state index is 13.5. The van der Waals surface area contributed by atoms with E-state index in [2.05, 4.69) is 10.3 Å². The Bertz CT molecular complexity index is 1120. The molecule has 0 aliphatic rings. The normalized spacial score (nSPS) is 11.1. The number of hydrogen-bond acceptors (Lipinski definition) is 2.